The average molecular weight is 245 g/mol. The molecule has 1 saturated heterocycles. The van der Waals surface area contributed by atoms with Crippen LogP contribution < -0.4 is 0 Å². The second-order valence-electron chi connectivity index (χ2n) is 4.50. The van der Waals surface area contributed by atoms with Crippen molar-refractivity contribution in [2.45, 2.75) is 44.6 Å². The molecule has 2 atom stereocenters. The van der Waals surface area contributed by atoms with Gasteiger partial charge in [-0.1, -0.05) is 0 Å². The maximum Gasteiger partial charge on any atom is 0.0883 e. The third-order valence-corrected chi connectivity index (χ3v) is 4.82. The summed E-state index contributed by atoms with van der Waals surface area (Å²) in [6, 6.07) is 2.20. The summed E-state index contributed by atoms with van der Waals surface area (Å²) in [6.07, 6.45) is 2.19. The largest absolute Gasteiger partial charge is 0.373 e. The lowest BCUT2D eigenvalue weighted by molar-refractivity contribution is 0.0164. The lowest BCUT2D eigenvalue weighted by atomic mass is 9.93. The van der Waals surface area contributed by atoms with Crippen LogP contribution in [0.15, 0.2) is 6.07 Å². The highest BCUT2D eigenvalue weighted by Gasteiger charge is 2.39. The quantitative estimate of drug-likeness (QED) is 0.708. The van der Waals surface area contributed by atoms with Crippen LogP contribution >= 0.6 is 22.9 Å². The average Bonchev–Trinajstić information content (AvgIpc) is 2.73. The van der Waals surface area contributed by atoms with E-state index in [0.717, 1.165) is 19.4 Å². The van der Waals surface area contributed by atoms with Gasteiger partial charge in [-0.05, 0) is 45.2 Å². The molecule has 0 radical (unpaired) electrons. The van der Waals surface area contributed by atoms with Gasteiger partial charge >= 0.3 is 0 Å². The summed E-state index contributed by atoms with van der Waals surface area (Å²) in [5.41, 5.74) is 1.09. The maximum atomic E-state index is 6.55. The predicted molar refractivity (Wildman–Crippen MR) is 66.0 cm³/mol. The van der Waals surface area contributed by atoms with E-state index < -0.39 is 0 Å². The summed E-state index contributed by atoms with van der Waals surface area (Å²) in [5.74, 6) is 0. The number of hydrogen-bond donors (Lipinski definition) is 0. The van der Waals surface area contributed by atoms with Crippen molar-refractivity contribution in [2.24, 2.45) is 0 Å². The van der Waals surface area contributed by atoms with Crippen LogP contribution in [-0.2, 0) is 4.74 Å². The van der Waals surface area contributed by atoms with Gasteiger partial charge < -0.3 is 4.74 Å². The summed E-state index contributed by atoms with van der Waals surface area (Å²) in [4.78, 5) is 2.65. The molecule has 2 rings (SSSR count). The van der Waals surface area contributed by atoms with Crippen LogP contribution in [0.3, 0.4) is 0 Å². The number of rotatable bonds is 2. The smallest absolute Gasteiger partial charge is 0.0883 e. The zero-order chi connectivity index (χ0) is 11.1. The number of alkyl halides is 1. The Kier molecular flexibility index (Phi) is 3.11. The first-order valence-corrected chi connectivity index (χ1v) is 6.63. The third-order valence-electron chi connectivity index (χ3n) is 3.14. The summed E-state index contributed by atoms with van der Waals surface area (Å²) in [5, 5.41) is -0.00931. The first-order valence-electron chi connectivity index (χ1n) is 5.38. The van der Waals surface area contributed by atoms with Crippen molar-refractivity contribution in [3.05, 3.63) is 21.4 Å². The Morgan fingerprint density at radius 2 is 2.27 bits per heavy atom. The van der Waals surface area contributed by atoms with Gasteiger partial charge in [0.1, 0.15) is 0 Å². The summed E-state index contributed by atoms with van der Waals surface area (Å²) < 4.78 is 5.79. The SMILES string of the molecule is Cc1cc(C(Cl)C2(C)CCCO2)c(C)s1. The molecule has 1 aliphatic rings. The fourth-order valence-corrected chi connectivity index (χ4v) is 3.66. The minimum absolute atomic E-state index is 0.00931. The number of hydrogen-bond acceptors (Lipinski definition) is 2. The van der Waals surface area contributed by atoms with Gasteiger partial charge in [-0.25, -0.2) is 0 Å². The molecule has 2 unspecified atom stereocenters. The lowest BCUT2D eigenvalue weighted by Gasteiger charge is -2.28. The second kappa shape index (κ2) is 4.08. The van der Waals surface area contributed by atoms with Gasteiger partial charge in [-0.2, -0.15) is 0 Å². The van der Waals surface area contributed by atoms with Crippen molar-refractivity contribution in [1.29, 1.82) is 0 Å². The van der Waals surface area contributed by atoms with Crippen molar-refractivity contribution in [3.63, 3.8) is 0 Å². The number of halogens is 1. The van der Waals surface area contributed by atoms with E-state index in [-0.39, 0.29) is 11.0 Å². The molecule has 0 aliphatic carbocycles. The standard InChI is InChI=1S/C12H17ClOS/c1-8-7-10(9(2)15-8)11(13)12(3)5-4-6-14-12/h7,11H,4-6H2,1-3H3. The van der Waals surface area contributed by atoms with Crippen molar-refractivity contribution in [2.75, 3.05) is 6.61 Å². The van der Waals surface area contributed by atoms with Crippen LogP contribution in [0.2, 0.25) is 0 Å². The molecular weight excluding hydrogens is 228 g/mol. The van der Waals surface area contributed by atoms with Crippen molar-refractivity contribution >= 4 is 22.9 Å². The predicted octanol–water partition coefficient (Wildman–Crippen LogP) is 4.21. The van der Waals surface area contributed by atoms with E-state index in [0.29, 0.717) is 0 Å². The molecule has 1 aromatic heterocycles. The Bertz CT molecular complexity index is 353. The second-order valence-corrected chi connectivity index (χ2v) is 6.39. The van der Waals surface area contributed by atoms with E-state index in [4.69, 9.17) is 16.3 Å². The Morgan fingerprint density at radius 1 is 1.53 bits per heavy atom. The Labute approximate surface area is 100 Å². The van der Waals surface area contributed by atoms with Crippen LogP contribution in [0.25, 0.3) is 0 Å². The van der Waals surface area contributed by atoms with E-state index in [1.165, 1.54) is 15.3 Å². The molecule has 0 bridgehead atoms. The van der Waals surface area contributed by atoms with Gasteiger partial charge in [0.25, 0.3) is 0 Å². The molecule has 1 aliphatic heterocycles. The van der Waals surface area contributed by atoms with Gasteiger partial charge in [0, 0.05) is 16.4 Å². The zero-order valence-electron chi connectivity index (χ0n) is 9.47. The lowest BCUT2D eigenvalue weighted by Crippen LogP contribution is -2.28. The summed E-state index contributed by atoms with van der Waals surface area (Å²) in [6.45, 7) is 7.25. The van der Waals surface area contributed by atoms with Crippen LogP contribution in [0, 0.1) is 13.8 Å². The monoisotopic (exact) mass is 244 g/mol. The van der Waals surface area contributed by atoms with Gasteiger partial charge in [-0.15, -0.1) is 22.9 Å². The summed E-state index contributed by atoms with van der Waals surface area (Å²) in [7, 11) is 0. The van der Waals surface area contributed by atoms with E-state index in [9.17, 15) is 0 Å². The molecule has 3 heteroatoms. The van der Waals surface area contributed by atoms with Crippen molar-refractivity contribution < 1.29 is 4.74 Å². The fraction of sp³-hybridized carbons (Fsp3) is 0.667. The molecular formula is C12H17ClOS. The van der Waals surface area contributed by atoms with Crippen LogP contribution in [0.1, 0.15) is 40.5 Å². The first-order chi connectivity index (χ1) is 7.03. The molecule has 84 valence electrons. The molecule has 0 aromatic carbocycles. The van der Waals surface area contributed by atoms with E-state index in [1.807, 2.05) is 11.3 Å². The van der Waals surface area contributed by atoms with E-state index >= 15 is 0 Å². The number of thiophene rings is 1. The normalized spacial score (nSPS) is 28.3. The molecule has 0 spiro atoms. The van der Waals surface area contributed by atoms with Crippen LogP contribution in [0.5, 0.6) is 0 Å². The highest BCUT2D eigenvalue weighted by Crippen LogP contribution is 2.44. The summed E-state index contributed by atoms with van der Waals surface area (Å²) >= 11 is 8.37. The van der Waals surface area contributed by atoms with E-state index in [1.54, 1.807) is 0 Å². The fourth-order valence-electron chi connectivity index (χ4n) is 2.23. The van der Waals surface area contributed by atoms with Crippen molar-refractivity contribution in [3.8, 4) is 0 Å². The minimum atomic E-state index is -0.167. The molecule has 15 heavy (non-hydrogen) atoms. The Balaban J connectivity index is 2.27. The highest BCUT2D eigenvalue weighted by molar-refractivity contribution is 7.12. The molecule has 2 heterocycles. The van der Waals surface area contributed by atoms with Gasteiger partial charge in [-0.3, -0.25) is 0 Å². The van der Waals surface area contributed by atoms with E-state index in [2.05, 4.69) is 26.8 Å². The van der Waals surface area contributed by atoms with Crippen LogP contribution in [0.4, 0.5) is 0 Å². The minimum Gasteiger partial charge on any atom is -0.373 e. The molecule has 1 fully saturated rings. The maximum absolute atomic E-state index is 6.55. The zero-order valence-corrected chi connectivity index (χ0v) is 11.0. The molecule has 0 N–H and O–H groups in total. The van der Waals surface area contributed by atoms with Gasteiger partial charge in [0.2, 0.25) is 0 Å². The molecule has 0 saturated carbocycles. The van der Waals surface area contributed by atoms with Gasteiger partial charge in [0.05, 0.1) is 11.0 Å². The topological polar surface area (TPSA) is 9.23 Å². The van der Waals surface area contributed by atoms with Gasteiger partial charge in [0.15, 0.2) is 0 Å². The molecule has 1 aromatic rings. The molecule has 0 amide bonds. The Hall–Kier alpha value is -0.0500. The number of aryl methyl sites for hydroxylation is 2. The first kappa shape index (κ1) is 11.4. The Morgan fingerprint density at radius 3 is 2.73 bits per heavy atom. The van der Waals surface area contributed by atoms with Crippen LogP contribution in [-0.4, -0.2) is 12.2 Å². The highest BCUT2D eigenvalue weighted by atomic mass is 35.5. The van der Waals surface area contributed by atoms with Crippen molar-refractivity contribution in [1.82, 2.24) is 0 Å². The third kappa shape index (κ3) is 2.08. The number of ether oxygens (including phenoxy) is 1. The molecule has 1 nitrogen and oxygen atoms in total.